The molecule has 0 saturated heterocycles. The van der Waals surface area contributed by atoms with Crippen molar-refractivity contribution in [1.29, 1.82) is 0 Å². The van der Waals surface area contributed by atoms with Gasteiger partial charge in [0.15, 0.2) is 0 Å². The number of fused-ring (bicyclic) bond motifs is 3. The maximum Gasteiger partial charge on any atom is 0.305 e. The first kappa shape index (κ1) is 18.0. The van der Waals surface area contributed by atoms with Crippen molar-refractivity contribution in [2.75, 3.05) is 13.7 Å². The zero-order valence-electron chi connectivity index (χ0n) is 15.9. The van der Waals surface area contributed by atoms with Crippen LogP contribution in [-0.4, -0.2) is 19.6 Å². The zero-order chi connectivity index (χ0) is 17.5. The van der Waals surface area contributed by atoms with Crippen LogP contribution in [0.3, 0.4) is 0 Å². The van der Waals surface area contributed by atoms with Crippen molar-refractivity contribution in [2.45, 2.75) is 65.7 Å². The third-order valence-electron chi connectivity index (χ3n) is 8.41. The first-order chi connectivity index (χ1) is 11.4. The SMILES string of the molecule is COC(=O)CC[C@@]1(C)[C@H](CN)CC[C@@H]2[C@@H]1CC[C@]1(C)C(C)=CC[C@@H]21. The number of carbonyl (C=O) groups excluding carboxylic acids is 1. The summed E-state index contributed by atoms with van der Waals surface area (Å²) in [5.74, 6) is 2.77. The molecular weight excluding hydrogens is 298 g/mol. The van der Waals surface area contributed by atoms with E-state index in [-0.39, 0.29) is 11.4 Å². The van der Waals surface area contributed by atoms with Gasteiger partial charge in [-0.1, -0.05) is 25.5 Å². The van der Waals surface area contributed by atoms with Crippen molar-refractivity contribution in [3.63, 3.8) is 0 Å². The third-order valence-corrected chi connectivity index (χ3v) is 8.41. The second kappa shape index (κ2) is 6.48. The lowest BCUT2D eigenvalue weighted by Gasteiger charge is -2.59. The molecule has 0 heterocycles. The Balaban J connectivity index is 1.84. The van der Waals surface area contributed by atoms with Gasteiger partial charge in [-0.2, -0.15) is 0 Å². The normalized spacial score (nSPS) is 44.5. The number of ether oxygens (including phenoxy) is 1. The Bertz CT molecular complexity index is 528. The predicted molar refractivity (Wildman–Crippen MR) is 97.3 cm³/mol. The minimum atomic E-state index is -0.0758. The summed E-state index contributed by atoms with van der Waals surface area (Å²) < 4.78 is 4.91. The van der Waals surface area contributed by atoms with E-state index in [2.05, 4.69) is 26.8 Å². The van der Waals surface area contributed by atoms with Gasteiger partial charge < -0.3 is 10.5 Å². The summed E-state index contributed by atoms with van der Waals surface area (Å²) in [4.78, 5) is 11.8. The summed E-state index contributed by atoms with van der Waals surface area (Å²) in [5.41, 5.74) is 8.38. The first-order valence-electron chi connectivity index (χ1n) is 9.81. The Kier molecular flexibility index (Phi) is 4.85. The molecule has 0 aliphatic heterocycles. The second-order valence-electron chi connectivity index (χ2n) is 9.05. The van der Waals surface area contributed by atoms with Crippen LogP contribution in [0.5, 0.6) is 0 Å². The molecule has 3 aliphatic rings. The van der Waals surface area contributed by atoms with Gasteiger partial charge in [-0.15, -0.1) is 0 Å². The molecule has 2 N–H and O–H groups in total. The van der Waals surface area contributed by atoms with Crippen LogP contribution in [0.1, 0.15) is 65.7 Å². The molecule has 0 aromatic carbocycles. The molecule has 0 radical (unpaired) electrons. The van der Waals surface area contributed by atoms with E-state index >= 15 is 0 Å². The lowest BCUT2D eigenvalue weighted by molar-refractivity contribution is -0.143. The van der Waals surface area contributed by atoms with Gasteiger partial charge in [0.1, 0.15) is 0 Å². The molecule has 0 bridgehead atoms. The van der Waals surface area contributed by atoms with Gasteiger partial charge in [0.2, 0.25) is 0 Å². The standard InChI is InChI=1S/C21H35NO2/c1-14-5-8-17-16-7-6-15(13-22)21(3,12-10-19(23)24-4)18(16)9-11-20(14,17)2/h5,15-18H,6-13,22H2,1-4H3/t15-,16-,17-,18-,20+,21-/m0/s1. The van der Waals surface area contributed by atoms with E-state index in [0.717, 1.165) is 24.8 Å². The highest BCUT2D eigenvalue weighted by atomic mass is 16.5. The van der Waals surface area contributed by atoms with Crippen LogP contribution in [0.4, 0.5) is 0 Å². The molecule has 136 valence electrons. The molecule has 0 aromatic heterocycles. The third kappa shape index (κ3) is 2.64. The topological polar surface area (TPSA) is 52.3 Å². The Morgan fingerprint density at radius 1 is 1.29 bits per heavy atom. The van der Waals surface area contributed by atoms with Crippen molar-refractivity contribution in [3.8, 4) is 0 Å². The zero-order valence-corrected chi connectivity index (χ0v) is 15.9. The van der Waals surface area contributed by atoms with E-state index in [0.29, 0.717) is 23.7 Å². The average Bonchev–Trinajstić information content (AvgIpc) is 2.88. The van der Waals surface area contributed by atoms with E-state index in [9.17, 15) is 4.79 Å². The minimum absolute atomic E-state index is 0.0758. The van der Waals surface area contributed by atoms with E-state index in [1.807, 2.05) is 0 Å². The second-order valence-corrected chi connectivity index (χ2v) is 9.05. The molecule has 0 unspecified atom stereocenters. The summed E-state index contributed by atoms with van der Waals surface area (Å²) in [5, 5.41) is 0. The molecular formula is C21H35NO2. The van der Waals surface area contributed by atoms with Crippen molar-refractivity contribution in [3.05, 3.63) is 11.6 Å². The molecule has 2 saturated carbocycles. The van der Waals surface area contributed by atoms with Crippen LogP contribution in [0.15, 0.2) is 11.6 Å². The number of carbonyl (C=O) groups is 1. The fourth-order valence-electron chi connectivity index (χ4n) is 6.57. The highest BCUT2D eigenvalue weighted by Crippen LogP contribution is 2.64. The highest BCUT2D eigenvalue weighted by Gasteiger charge is 2.56. The molecule has 0 amide bonds. The van der Waals surface area contributed by atoms with Gasteiger partial charge in [-0.25, -0.2) is 0 Å². The van der Waals surface area contributed by atoms with Gasteiger partial charge in [0.05, 0.1) is 7.11 Å². The van der Waals surface area contributed by atoms with Crippen molar-refractivity contribution < 1.29 is 9.53 Å². The molecule has 3 rings (SSSR count). The Morgan fingerprint density at radius 3 is 2.71 bits per heavy atom. The average molecular weight is 334 g/mol. The van der Waals surface area contributed by atoms with E-state index < -0.39 is 0 Å². The Hall–Kier alpha value is -0.830. The predicted octanol–water partition coefficient (Wildman–Crippen LogP) is 4.31. The van der Waals surface area contributed by atoms with Crippen LogP contribution in [-0.2, 0) is 9.53 Å². The van der Waals surface area contributed by atoms with E-state index in [4.69, 9.17) is 10.5 Å². The number of hydrogen-bond acceptors (Lipinski definition) is 3. The molecule has 24 heavy (non-hydrogen) atoms. The summed E-state index contributed by atoms with van der Waals surface area (Å²) in [6, 6.07) is 0. The van der Waals surface area contributed by atoms with Crippen molar-refractivity contribution in [1.82, 2.24) is 0 Å². The lowest BCUT2D eigenvalue weighted by atomic mass is 9.46. The molecule has 3 nitrogen and oxygen atoms in total. The van der Waals surface area contributed by atoms with Gasteiger partial charge in [0, 0.05) is 6.42 Å². The number of nitrogens with two attached hydrogens (primary N) is 1. The smallest absolute Gasteiger partial charge is 0.305 e. The number of esters is 1. The summed E-state index contributed by atoms with van der Waals surface area (Å²) >= 11 is 0. The highest BCUT2D eigenvalue weighted by molar-refractivity contribution is 5.69. The fourth-order valence-corrected chi connectivity index (χ4v) is 6.57. The number of hydrogen-bond donors (Lipinski definition) is 1. The van der Waals surface area contributed by atoms with Crippen LogP contribution in [0, 0.1) is 34.5 Å². The monoisotopic (exact) mass is 333 g/mol. The lowest BCUT2D eigenvalue weighted by Crippen LogP contribution is -2.53. The van der Waals surface area contributed by atoms with Crippen LogP contribution >= 0.6 is 0 Å². The molecule has 3 heteroatoms. The first-order valence-corrected chi connectivity index (χ1v) is 9.81. The quantitative estimate of drug-likeness (QED) is 0.616. The van der Waals surface area contributed by atoms with Crippen LogP contribution in [0.2, 0.25) is 0 Å². The Labute approximate surface area is 147 Å². The number of rotatable bonds is 4. The van der Waals surface area contributed by atoms with Gasteiger partial charge in [-0.3, -0.25) is 4.79 Å². The van der Waals surface area contributed by atoms with Gasteiger partial charge in [0.25, 0.3) is 0 Å². The van der Waals surface area contributed by atoms with Crippen LogP contribution < -0.4 is 5.73 Å². The summed E-state index contributed by atoms with van der Waals surface area (Å²) in [6.07, 6.45) is 10.3. The van der Waals surface area contributed by atoms with Gasteiger partial charge >= 0.3 is 5.97 Å². The molecule has 6 atom stereocenters. The number of allylic oxidation sites excluding steroid dienone is 2. The molecule has 0 spiro atoms. The maximum absolute atomic E-state index is 11.8. The molecule has 3 aliphatic carbocycles. The van der Waals surface area contributed by atoms with E-state index in [1.165, 1.54) is 39.2 Å². The maximum atomic E-state index is 11.8. The van der Waals surface area contributed by atoms with Gasteiger partial charge in [-0.05, 0) is 86.5 Å². The van der Waals surface area contributed by atoms with Crippen molar-refractivity contribution in [2.24, 2.45) is 40.2 Å². The minimum Gasteiger partial charge on any atom is -0.469 e. The fraction of sp³-hybridized carbons (Fsp3) is 0.857. The summed E-state index contributed by atoms with van der Waals surface area (Å²) in [6.45, 7) is 8.00. The van der Waals surface area contributed by atoms with Crippen LogP contribution in [0.25, 0.3) is 0 Å². The Morgan fingerprint density at radius 2 is 2.04 bits per heavy atom. The summed E-state index contributed by atoms with van der Waals surface area (Å²) in [7, 11) is 1.49. The molecule has 0 aromatic rings. The number of methoxy groups -OCH3 is 1. The van der Waals surface area contributed by atoms with Crippen molar-refractivity contribution >= 4 is 5.97 Å². The largest absolute Gasteiger partial charge is 0.469 e. The van der Waals surface area contributed by atoms with E-state index in [1.54, 1.807) is 5.57 Å². The molecule has 2 fully saturated rings.